The molecule has 1 atom stereocenters. The van der Waals surface area contributed by atoms with E-state index >= 15 is 0 Å². The third kappa shape index (κ3) is 2.73. The first-order chi connectivity index (χ1) is 14.0. The van der Waals surface area contributed by atoms with Crippen molar-refractivity contribution in [2.75, 3.05) is 6.54 Å². The molecule has 2 fully saturated rings. The highest BCUT2D eigenvalue weighted by molar-refractivity contribution is 5.64. The second-order valence-electron chi connectivity index (χ2n) is 8.57. The summed E-state index contributed by atoms with van der Waals surface area (Å²) < 4.78 is 18.2. The van der Waals surface area contributed by atoms with E-state index in [0.29, 0.717) is 11.3 Å². The van der Waals surface area contributed by atoms with E-state index in [2.05, 4.69) is 25.5 Å². The smallest absolute Gasteiger partial charge is 0.191 e. The molecule has 8 heteroatoms. The van der Waals surface area contributed by atoms with E-state index in [1.807, 2.05) is 32.3 Å². The van der Waals surface area contributed by atoms with Crippen molar-refractivity contribution >= 4 is 11.3 Å². The Kier molecular flexibility index (Phi) is 3.42. The van der Waals surface area contributed by atoms with Gasteiger partial charge in [-0.15, -0.1) is 0 Å². The van der Waals surface area contributed by atoms with E-state index in [9.17, 15) is 4.39 Å². The van der Waals surface area contributed by atoms with Gasteiger partial charge in [0.15, 0.2) is 22.9 Å². The van der Waals surface area contributed by atoms with Crippen LogP contribution < -0.4 is 5.32 Å². The Morgan fingerprint density at radius 1 is 1.07 bits per heavy atom. The summed E-state index contributed by atoms with van der Waals surface area (Å²) in [6.45, 7) is 4.89. The van der Waals surface area contributed by atoms with Crippen molar-refractivity contribution in [3.05, 3.63) is 47.4 Å². The quantitative estimate of drug-likeness (QED) is 0.568. The molecule has 148 valence electrons. The van der Waals surface area contributed by atoms with E-state index in [1.165, 1.54) is 18.9 Å². The first-order valence-corrected chi connectivity index (χ1v) is 10.1. The van der Waals surface area contributed by atoms with Crippen LogP contribution in [-0.2, 0) is 0 Å². The lowest BCUT2D eigenvalue weighted by molar-refractivity contribution is 0.337. The predicted octanol–water partition coefficient (Wildman–Crippen LogP) is 3.19. The number of pyridine rings is 1. The molecule has 1 unspecified atom stereocenters. The van der Waals surface area contributed by atoms with Crippen LogP contribution >= 0.6 is 0 Å². The van der Waals surface area contributed by atoms with Gasteiger partial charge in [0.05, 0.1) is 17.6 Å². The summed E-state index contributed by atoms with van der Waals surface area (Å²) in [5, 5.41) is 12.9. The average Bonchev–Trinajstić information content (AvgIpc) is 3.13. The molecule has 0 amide bonds. The van der Waals surface area contributed by atoms with Crippen LogP contribution in [0.2, 0.25) is 0 Å². The molecule has 4 aromatic rings. The van der Waals surface area contributed by atoms with Crippen molar-refractivity contribution in [3.8, 4) is 11.3 Å². The van der Waals surface area contributed by atoms with Crippen LogP contribution in [0, 0.1) is 19.7 Å². The Bertz CT molecular complexity index is 1270. The van der Waals surface area contributed by atoms with Crippen LogP contribution in [0.15, 0.2) is 24.5 Å². The molecule has 1 aliphatic carbocycles. The third-order valence-electron chi connectivity index (χ3n) is 6.28. The molecule has 29 heavy (non-hydrogen) atoms. The van der Waals surface area contributed by atoms with Gasteiger partial charge in [0.1, 0.15) is 0 Å². The number of halogens is 1. The number of hydrogen-bond donors (Lipinski definition) is 1. The molecule has 5 heterocycles. The highest BCUT2D eigenvalue weighted by Gasteiger charge is 2.46. The SMILES string of the molecule is Cc1cn2nc(-c3cc(F)c4nc(C5CCNC6(CC6)C5)nn4c3)cc(C)c2n1. The molecule has 0 bridgehead atoms. The number of fused-ring (bicyclic) bond motifs is 2. The largest absolute Gasteiger partial charge is 0.311 e. The Morgan fingerprint density at radius 3 is 2.72 bits per heavy atom. The zero-order valence-electron chi connectivity index (χ0n) is 16.5. The van der Waals surface area contributed by atoms with Crippen molar-refractivity contribution in [3.63, 3.8) is 0 Å². The van der Waals surface area contributed by atoms with E-state index in [1.54, 1.807) is 9.03 Å². The molecule has 1 saturated carbocycles. The molecular weight excluding hydrogens is 369 g/mol. The van der Waals surface area contributed by atoms with Crippen molar-refractivity contribution in [2.24, 2.45) is 0 Å². The standard InChI is InChI=1S/C21H22FN7/c1-12-7-17(26-28-10-13(2)24-19(12)28)15-8-16(22)20-25-18(27-29(20)11-15)14-3-6-23-21(9-14)4-5-21/h7-8,10-11,14,23H,3-6,9H2,1-2H3. The van der Waals surface area contributed by atoms with E-state index in [4.69, 9.17) is 0 Å². The van der Waals surface area contributed by atoms with Gasteiger partial charge in [-0.1, -0.05) is 0 Å². The Morgan fingerprint density at radius 2 is 1.90 bits per heavy atom. The minimum atomic E-state index is -0.377. The van der Waals surface area contributed by atoms with Crippen LogP contribution in [0.25, 0.3) is 22.6 Å². The van der Waals surface area contributed by atoms with Gasteiger partial charge in [-0.05, 0) is 63.8 Å². The number of hydrogen-bond acceptors (Lipinski definition) is 5. The number of nitrogens with one attached hydrogen (secondary N) is 1. The van der Waals surface area contributed by atoms with Crippen molar-refractivity contribution in [1.29, 1.82) is 0 Å². The summed E-state index contributed by atoms with van der Waals surface area (Å²) in [6, 6.07) is 3.43. The minimum Gasteiger partial charge on any atom is -0.311 e. The second-order valence-corrected chi connectivity index (χ2v) is 8.57. The molecule has 0 aromatic carbocycles. The second kappa shape index (κ2) is 5.82. The lowest BCUT2D eigenvalue weighted by Gasteiger charge is -2.28. The van der Waals surface area contributed by atoms with Crippen LogP contribution in [0.5, 0.6) is 0 Å². The molecule has 1 N–H and O–H groups in total. The maximum absolute atomic E-state index is 14.9. The van der Waals surface area contributed by atoms with Crippen molar-refractivity contribution in [1.82, 2.24) is 34.5 Å². The van der Waals surface area contributed by atoms with Gasteiger partial charge in [0.25, 0.3) is 0 Å². The van der Waals surface area contributed by atoms with E-state index < -0.39 is 0 Å². The number of rotatable bonds is 2. The molecule has 1 aliphatic heterocycles. The Balaban J connectivity index is 1.42. The van der Waals surface area contributed by atoms with E-state index in [-0.39, 0.29) is 22.9 Å². The lowest BCUT2D eigenvalue weighted by atomic mass is 9.90. The fourth-order valence-corrected chi connectivity index (χ4v) is 4.57. The average molecular weight is 391 g/mol. The molecule has 7 nitrogen and oxygen atoms in total. The summed E-state index contributed by atoms with van der Waals surface area (Å²) in [5.74, 6) is 0.656. The third-order valence-corrected chi connectivity index (χ3v) is 6.28. The number of aryl methyl sites for hydroxylation is 2. The molecular formula is C21H22FN7. The van der Waals surface area contributed by atoms with Gasteiger partial charge < -0.3 is 5.32 Å². The summed E-state index contributed by atoms with van der Waals surface area (Å²) in [4.78, 5) is 9.03. The topological polar surface area (TPSA) is 72.4 Å². The van der Waals surface area contributed by atoms with Crippen LogP contribution in [-0.4, -0.2) is 41.3 Å². The van der Waals surface area contributed by atoms with Gasteiger partial charge in [-0.25, -0.2) is 23.4 Å². The minimum absolute atomic E-state index is 0.281. The van der Waals surface area contributed by atoms with Gasteiger partial charge in [-0.2, -0.15) is 10.2 Å². The molecule has 0 radical (unpaired) electrons. The van der Waals surface area contributed by atoms with Gasteiger partial charge in [0.2, 0.25) is 0 Å². The van der Waals surface area contributed by atoms with Gasteiger partial charge in [0, 0.05) is 23.2 Å². The zero-order valence-corrected chi connectivity index (χ0v) is 16.5. The maximum Gasteiger partial charge on any atom is 0.191 e. The summed E-state index contributed by atoms with van der Waals surface area (Å²) >= 11 is 0. The highest BCUT2D eigenvalue weighted by Crippen LogP contribution is 2.46. The first-order valence-electron chi connectivity index (χ1n) is 10.1. The van der Waals surface area contributed by atoms with E-state index in [0.717, 1.165) is 42.1 Å². The van der Waals surface area contributed by atoms with Crippen LogP contribution in [0.1, 0.15) is 48.7 Å². The summed E-state index contributed by atoms with van der Waals surface area (Å²) in [6.07, 6.45) is 8.16. The number of aromatic nitrogens is 6. The monoisotopic (exact) mass is 391 g/mol. The number of piperidine rings is 1. The van der Waals surface area contributed by atoms with Crippen LogP contribution in [0.4, 0.5) is 4.39 Å². The van der Waals surface area contributed by atoms with Crippen molar-refractivity contribution in [2.45, 2.75) is 51.0 Å². The highest BCUT2D eigenvalue weighted by atomic mass is 19.1. The maximum atomic E-state index is 14.9. The fraction of sp³-hybridized carbons (Fsp3) is 0.429. The lowest BCUT2D eigenvalue weighted by Crippen LogP contribution is -2.39. The predicted molar refractivity (Wildman–Crippen MR) is 106 cm³/mol. The first kappa shape index (κ1) is 17.0. The Hall–Kier alpha value is -2.87. The number of nitrogens with zero attached hydrogens (tertiary/aromatic N) is 6. The summed E-state index contributed by atoms with van der Waals surface area (Å²) in [5.41, 5.74) is 4.63. The zero-order chi connectivity index (χ0) is 19.8. The molecule has 1 saturated heterocycles. The molecule has 4 aromatic heterocycles. The number of imidazole rings is 1. The van der Waals surface area contributed by atoms with Gasteiger partial charge >= 0.3 is 0 Å². The normalized spacial score (nSPS) is 20.7. The molecule has 2 aliphatic rings. The van der Waals surface area contributed by atoms with Crippen molar-refractivity contribution < 1.29 is 4.39 Å². The molecule has 6 rings (SSSR count). The molecule has 1 spiro atoms. The Labute approximate surface area is 167 Å². The van der Waals surface area contributed by atoms with Crippen LogP contribution in [0.3, 0.4) is 0 Å². The fourth-order valence-electron chi connectivity index (χ4n) is 4.57. The summed E-state index contributed by atoms with van der Waals surface area (Å²) in [7, 11) is 0. The van der Waals surface area contributed by atoms with Gasteiger partial charge in [-0.3, -0.25) is 0 Å².